The van der Waals surface area contributed by atoms with E-state index in [2.05, 4.69) is 5.32 Å². The van der Waals surface area contributed by atoms with E-state index in [1.54, 1.807) is 0 Å². The molecule has 1 heterocycles. The molecule has 9 heteroatoms. The Hall–Kier alpha value is -2.42. The maximum atomic E-state index is 12.7. The molecule has 1 aliphatic rings. The number of sulfonamides is 1. The van der Waals surface area contributed by atoms with Crippen LogP contribution in [0.2, 0.25) is 5.02 Å². The molecule has 2 aromatic carbocycles. The highest BCUT2D eigenvalue weighted by molar-refractivity contribution is 7.94. The molecule has 1 N–H and O–H groups in total. The molecular formula is C21H24ClN3O4S. The van der Waals surface area contributed by atoms with Crippen molar-refractivity contribution < 1.29 is 18.0 Å². The van der Waals surface area contributed by atoms with E-state index in [0.29, 0.717) is 6.54 Å². The highest BCUT2D eigenvalue weighted by Gasteiger charge is 2.36. The summed E-state index contributed by atoms with van der Waals surface area (Å²) in [5, 5.41) is 2.96. The standard InChI is InChI=1S/C21H24ClN3O4S/c1-14-4-6-15(7-5-14)19(24(2)3)13-23-21(27)17-9-8-16(12-18(17)22)25-20(26)10-11-30(25,28)29/h4-9,12,19H,10-11,13H2,1-3H3,(H,23,27). The van der Waals surface area contributed by atoms with Gasteiger partial charge in [-0.25, -0.2) is 12.7 Å². The van der Waals surface area contributed by atoms with Crippen LogP contribution >= 0.6 is 11.6 Å². The summed E-state index contributed by atoms with van der Waals surface area (Å²) in [6.07, 6.45) is -0.0624. The van der Waals surface area contributed by atoms with Gasteiger partial charge in [-0.15, -0.1) is 0 Å². The Morgan fingerprint density at radius 1 is 1.20 bits per heavy atom. The smallest absolute Gasteiger partial charge is 0.252 e. The van der Waals surface area contributed by atoms with Crippen LogP contribution in [0.15, 0.2) is 42.5 Å². The molecule has 0 aromatic heterocycles. The summed E-state index contributed by atoms with van der Waals surface area (Å²) in [6.45, 7) is 2.38. The van der Waals surface area contributed by atoms with E-state index >= 15 is 0 Å². The van der Waals surface area contributed by atoms with Gasteiger partial charge in [0.1, 0.15) is 0 Å². The number of anilines is 1. The zero-order chi connectivity index (χ0) is 22.1. The molecule has 2 aromatic rings. The second kappa shape index (κ2) is 8.75. The Balaban J connectivity index is 1.75. The monoisotopic (exact) mass is 449 g/mol. The quantitative estimate of drug-likeness (QED) is 0.732. The molecule has 0 bridgehead atoms. The number of rotatable bonds is 6. The lowest BCUT2D eigenvalue weighted by atomic mass is 10.0. The van der Waals surface area contributed by atoms with Crippen LogP contribution in [-0.2, 0) is 14.8 Å². The molecule has 160 valence electrons. The van der Waals surface area contributed by atoms with Crippen LogP contribution in [0.5, 0.6) is 0 Å². The lowest BCUT2D eigenvalue weighted by Crippen LogP contribution is -2.34. The van der Waals surface area contributed by atoms with E-state index in [9.17, 15) is 18.0 Å². The predicted molar refractivity (Wildman–Crippen MR) is 117 cm³/mol. The minimum Gasteiger partial charge on any atom is -0.350 e. The van der Waals surface area contributed by atoms with E-state index in [1.165, 1.54) is 18.2 Å². The highest BCUT2D eigenvalue weighted by Crippen LogP contribution is 2.29. The summed E-state index contributed by atoms with van der Waals surface area (Å²) in [5.74, 6) is -1.10. The van der Waals surface area contributed by atoms with Gasteiger partial charge in [0, 0.05) is 13.0 Å². The van der Waals surface area contributed by atoms with Crippen LogP contribution < -0.4 is 9.62 Å². The number of carbonyl (C=O) groups is 2. The zero-order valence-corrected chi connectivity index (χ0v) is 18.6. The van der Waals surface area contributed by atoms with Crippen molar-refractivity contribution in [2.45, 2.75) is 19.4 Å². The van der Waals surface area contributed by atoms with Crippen molar-refractivity contribution in [1.82, 2.24) is 10.2 Å². The first-order valence-electron chi connectivity index (χ1n) is 9.47. The lowest BCUT2D eigenvalue weighted by molar-refractivity contribution is -0.116. The van der Waals surface area contributed by atoms with E-state index in [0.717, 1.165) is 15.4 Å². The number of amides is 2. The molecule has 0 aliphatic carbocycles. The van der Waals surface area contributed by atoms with Crippen LogP contribution in [0.1, 0.15) is 33.9 Å². The molecule has 0 spiro atoms. The van der Waals surface area contributed by atoms with Gasteiger partial charge in [0.15, 0.2) is 0 Å². The molecule has 30 heavy (non-hydrogen) atoms. The number of nitrogens with zero attached hydrogens (tertiary/aromatic N) is 2. The SMILES string of the molecule is Cc1ccc(C(CNC(=O)c2ccc(N3C(=O)CCS3(=O)=O)cc2Cl)N(C)C)cc1. The molecular weight excluding hydrogens is 426 g/mol. The molecule has 2 amide bonds. The van der Waals surface area contributed by atoms with Gasteiger partial charge < -0.3 is 10.2 Å². The number of hydrogen-bond acceptors (Lipinski definition) is 5. The second-order valence-electron chi connectivity index (χ2n) is 7.49. The maximum absolute atomic E-state index is 12.7. The van der Waals surface area contributed by atoms with E-state index in [1.807, 2.05) is 50.2 Å². The van der Waals surface area contributed by atoms with Crippen molar-refractivity contribution in [3.8, 4) is 0 Å². The first kappa shape index (κ1) is 22.3. The number of halogens is 1. The van der Waals surface area contributed by atoms with Crippen LogP contribution in [0.25, 0.3) is 0 Å². The molecule has 1 atom stereocenters. The number of nitrogens with one attached hydrogen (secondary N) is 1. The fraction of sp³-hybridized carbons (Fsp3) is 0.333. The van der Waals surface area contributed by atoms with Crippen LogP contribution in [-0.4, -0.2) is 51.5 Å². The average molecular weight is 450 g/mol. The van der Waals surface area contributed by atoms with Crippen LogP contribution in [0.4, 0.5) is 5.69 Å². The highest BCUT2D eigenvalue weighted by atomic mass is 35.5. The van der Waals surface area contributed by atoms with Gasteiger partial charge >= 0.3 is 0 Å². The van der Waals surface area contributed by atoms with Gasteiger partial charge in [-0.3, -0.25) is 9.59 Å². The fourth-order valence-electron chi connectivity index (χ4n) is 3.36. The van der Waals surface area contributed by atoms with Crippen molar-refractivity contribution in [1.29, 1.82) is 0 Å². The first-order chi connectivity index (χ1) is 14.1. The molecule has 3 rings (SSSR count). The number of aryl methyl sites for hydroxylation is 1. The summed E-state index contributed by atoms with van der Waals surface area (Å²) in [4.78, 5) is 26.6. The molecule has 0 saturated carbocycles. The van der Waals surface area contributed by atoms with Crippen molar-refractivity contribution in [3.05, 3.63) is 64.2 Å². The maximum Gasteiger partial charge on any atom is 0.252 e. The third-order valence-electron chi connectivity index (χ3n) is 5.05. The van der Waals surface area contributed by atoms with E-state index in [4.69, 9.17) is 11.6 Å². The topological polar surface area (TPSA) is 86.8 Å². The van der Waals surface area contributed by atoms with Crippen molar-refractivity contribution >= 4 is 39.1 Å². The van der Waals surface area contributed by atoms with Gasteiger partial charge in [-0.1, -0.05) is 41.4 Å². The second-order valence-corrected chi connectivity index (χ2v) is 9.83. The molecule has 1 aliphatic heterocycles. The number of carbonyl (C=O) groups excluding carboxylic acids is 2. The largest absolute Gasteiger partial charge is 0.350 e. The number of likely N-dealkylation sites (N-methyl/N-ethyl adjacent to an activating group) is 1. The van der Waals surface area contributed by atoms with E-state index in [-0.39, 0.29) is 40.4 Å². The average Bonchev–Trinajstić information content (AvgIpc) is 2.95. The minimum absolute atomic E-state index is 0.0278. The summed E-state index contributed by atoms with van der Waals surface area (Å²) in [7, 11) is 0.188. The van der Waals surface area contributed by atoms with Gasteiger partial charge in [0.2, 0.25) is 15.9 Å². The third-order valence-corrected chi connectivity index (χ3v) is 7.06. The molecule has 0 radical (unpaired) electrons. The summed E-state index contributed by atoms with van der Waals surface area (Å²) in [5.41, 5.74) is 2.59. The summed E-state index contributed by atoms with van der Waals surface area (Å²) >= 11 is 6.25. The van der Waals surface area contributed by atoms with Crippen molar-refractivity contribution in [3.63, 3.8) is 0 Å². The Labute approximate surface area is 181 Å². The van der Waals surface area contributed by atoms with E-state index < -0.39 is 15.9 Å². The van der Waals surface area contributed by atoms with Gasteiger partial charge in [-0.05, 0) is 44.8 Å². The lowest BCUT2D eigenvalue weighted by Gasteiger charge is -2.25. The minimum atomic E-state index is -3.68. The van der Waals surface area contributed by atoms with Crippen LogP contribution in [0.3, 0.4) is 0 Å². The van der Waals surface area contributed by atoms with Gasteiger partial charge in [-0.2, -0.15) is 0 Å². The van der Waals surface area contributed by atoms with Gasteiger partial charge in [0.05, 0.1) is 28.1 Å². The molecule has 7 nitrogen and oxygen atoms in total. The molecule has 1 fully saturated rings. The summed E-state index contributed by atoms with van der Waals surface area (Å²) in [6, 6.07) is 12.3. The third kappa shape index (κ3) is 4.66. The van der Waals surface area contributed by atoms with Crippen molar-refractivity contribution in [2.75, 3.05) is 30.7 Å². The Morgan fingerprint density at radius 3 is 2.40 bits per heavy atom. The number of benzene rings is 2. The van der Waals surface area contributed by atoms with Crippen LogP contribution in [0, 0.1) is 6.92 Å². The van der Waals surface area contributed by atoms with Crippen molar-refractivity contribution in [2.24, 2.45) is 0 Å². The molecule has 1 unspecified atom stereocenters. The Morgan fingerprint density at radius 2 is 1.87 bits per heavy atom. The summed E-state index contributed by atoms with van der Waals surface area (Å²) < 4.78 is 24.9. The Bertz CT molecular complexity index is 1070. The number of hydrogen-bond donors (Lipinski definition) is 1. The first-order valence-corrected chi connectivity index (χ1v) is 11.5. The normalized spacial score (nSPS) is 16.7. The predicted octanol–water partition coefficient (Wildman–Crippen LogP) is 2.75. The Kier molecular flexibility index (Phi) is 6.50. The van der Waals surface area contributed by atoms with Gasteiger partial charge in [0.25, 0.3) is 5.91 Å². The fourth-order valence-corrected chi connectivity index (χ4v) is 5.07. The molecule has 1 saturated heterocycles. The zero-order valence-electron chi connectivity index (χ0n) is 17.1.